The van der Waals surface area contributed by atoms with Crippen molar-refractivity contribution in [2.45, 2.75) is 43.9 Å². The van der Waals surface area contributed by atoms with Crippen LogP contribution in [0.15, 0.2) is 24.5 Å². The van der Waals surface area contributed by atoms with Crippen molar-refractivity contribution < 1.29 is 0 Å². The van der Waals surface area contributed by atoms with Gasteiger partial charge in [-0.25, -0.2) is 0 Å². The number of aryl methyl sites for hydroxylation is 2. The van der Waals surface area contributed by atoms with Crippen LogP contribution in [-0.4, -0.2) is 4.98 Å². The molecule has 2 aromatic rings. The molecule has 1 nitrogen and oxygen atoms in total. The van der Waals surface area contributed by atoms with Gasteiger partial charge in [0.25, 0.3) is 0 Å². The van der Waals surface area contributed by atoms with Gasteiger partial charge in [0, 0.05) is 22.1 Å². The van der Waals surface area contributed by atoms with Gasteiger partial charge in [-0.15, -0.1) is 22.9 Å². The van der Waals surface area contributed by atoms with Gasteiger partial charge in [-0.3, -0.25) is 4.98 Å². The molecule has 0 fully saturated rings. The zero-order chi connectivity index (χ0) is 13.9. The largest absolute Gasteiger partial charge is 0.263 e. The van der Waals surface area contributed by atoms with Crippen LogP contribution in [0.3, 0.4) is 0 Å². The lowest BCUT2D eigenvalue weighted by molar-refractivity contribution is 0.712. The predicted octanol–water partition coefficient (Wildman–Crippen LogP) is 5.59. The Morgan fingerprint density at radius 3 is 2.95 bits per heavy atom. The zero-order valence-electron chi connectivity index (χ0n) is 11.2. The first-order valence-electron chi connectivity index (χ1n) is 7.08. The quantitative estimate of drug-likeness (QED) is 0.529. The highest BCUT2D eigenvalue weighted by molar-refractivity contribution is 7.12. The van der Waals surface area contributed by atoms with Gasteiger partial charge in [0.05, 0.1) is 10.4 Å². The Balaban J connectivity index is 1.77. The molecule has 0 bridgehead atoms. The summed E-state index contributed by atoms with van der Waals surface area (Å²) in [5.41, 5.74) is 2.60. The van der Waals surface area contributed by atoms with E-state index in [1.54, 1.807) is 17.3 Å². The Bertz CT molecular complexity index is 570. The van der Waals surface area contributed by atoms with Gasteiger partial charge in [-0.1, -0.05) is 18.0 Å². The third-order valence-corrected chi connectivity index (χ3v) is 6.04. The van der Waals surface area contributed by atoms with Crippen molar-refractivity contribution in [3.05, 3.63) is 50.4 Å². The summed E-state index contributed by atoms with van der Waals surface area (Å²) < 4.78 is 0. The molecule has 1 aliphatic carbocycles. The average Bonchev–Trinajstić information content (AvgIpc) is 2.73. The molecule has 1 atom stereocenters. The molecule has 0 N–H and O–H groups in total. The molecule has 1 aliphatic rings. The molecule has 0 aromatic carbocycles. The summed E-state index contributed by atoms with van der Waals surface area (Å²) in [6, 6.07) is 4.27. The zero-order valence-corrected chi connectivity index (χ0v) is 13.6. The molecule has 0 saturated carbocycles. The van der Waals surface area contributed by atoms with E-state index in [0.29, 0.717) is 5.02 Å². The monoisotopic (exact) mass is 325 g/mol. The van der Waals surface area contributed by atoms with E-state index in [2.05, 4.69) is 11.1 Å². The summed E-state index contributed by atoms with van der Waals surface area (Å²) in [4.78, 5) is 6.85. The lowest BCUT2D eigenvalue weighted by Gasteiger charge is -2.08. The fourth-order valence-electron chi connectivity index (χ4n) is 2.71. The Labute approximate surface area is 134 Å². The molecule has 0 spiro atoms. The van der Waals surface area contributed by atoms with Gasteiger partial charge in [0.2, 0.25) is 0 Å². The standard InChI is InChI=1S/C16H17Cl2NS/c17-13(8-11-6-7-19-10-14(11)18)16-9-12-4-2-1-3-5-15(12)20-16/h6-7,9-10,13H,1-5,8H2. The second-order valence-electron chi connectivity index (χ2n) is 5.30. The molecule has 0 saturated heterocycles. The second kappa shape index (κ2) is 6.46. The Kier molecular flexibility index (Phi) is 4.65. The van der Waals surface area contributed by atoms with Crippen molar-refractivity contribution >= 4 is 34.5 Å². The van der Waals surface area contributed by atoms with E-state index < -0.39 is 0 Å². The van der Waals surface area contributed by atoms with Gasteiger partial charge < -0.3 is 0 Å². The number of halogens is 2. The van der Waals surface area contributed by atoms with Crippen molar-refractivity contribution in [1.29, 1.82) is 0 Å². The lowest BCUT2D eigenvalue weighted by atomic mass is 10.1. The molecule has 0 aliphatic heterocycles. The summed E-state index contributed by atoms with van der Waals surface area (Å²) in [5.74, 6) is 0. The number of hydrogen-bond acceptors (Lipinski definition) is 2. The van der Waals surface area contributed by atoms with Gasteiger partial charge in [0.1, 0.15) is 0 Å². The maximum Gasteiger partial charge on any atom is 0.0719 e. The Hall–Kier alpha value is -0.570. The van der Waals surface area contributed by atoms with E-state index in [1.165, 1.54) is 42.5 Å². The van der Waals surface area contributed by atoms with Crippen LogP contribution in [0.2, 0.25) is 5.02 Å². The molecule has 1 unspecified atom stereocenters. The van der Waals surface area contributed by atoms with E-state index >= 15 is 0 Å². The topological polar surface area (TPSA) is 12.9 Å². The second-order valence-corrected chi connectivity index (χ2v) is 7.40. The molecule has 4 heteroatoms. The van der Waals surface area contributed by atoms with Gasteiger partial charge in [0.15, 0.2) is 0 Å². The van der Waals surface area contributed by atoms with Gasteiger partial charge in [-0.2, -0.15) is 0 Å². The molecular weight excluding hydrogens is 309 g/mol. The third kappa shape index (κ3) is 3.19. The lowest BCUT2D eigenvalue weighted by Crippen LogP contribution is -1.95. The molecular formula is C16H17Cl2NS. The molecule has 106 valence electrons. The SMILES string of the molecule is Clc1cnccc1CC(Cl)c1cc2c(s1)CCCCC2. The summed E-state index contributed by atoms with van der Waals surface area (Å²) in [6.45, 7) is 0. The summed E-state index contributed by atoms with van der Waals surface area (Å²) in [7, 11) is 0. The van der Waals surface area contributed by atoms with Crippen molar-refractivity contribution in [3.8, 4) is 0 Å². The van der Waals surface area contributed by atoms with Crippen LogP contribution in [0.1, 0.15) is 45.5 Å². The van der Waals surface area contributed by atoms with Crippen molar-refractivity contribution in [1.82, 2.24) is 4.98 Å². The van der Waals surface area contributed by atoms with E-state index in [4.69, 9.17) is 23.2 Å². The van der Waals surface area contributed by atoms with Crippen molar-refractivity contribution in [3.63, 3.8) is 0 Å². The highest BCUT2D eigenvalue weighted by Crippen LogP contribution is 2.37. The fourth-order valence-corrected chi connectivity index (χ4v) is 4.50. The van der Waals surface area contributed by atoms with Gasteiger partial charge in [-0.05, 0) is 55.4 Å². The first-order valence-corrected chi connectivity index (χ1v) is 8.71. The van der Waals surface area contributed by atoms with Crippen LogP contribution in [0.25, 0.3) is 0 Å². The molecule has 0 amide bonds. The maximum atomic E-state index is 6.60. The van der Waals surface area contributed by atoms with E-state index in [-0.39, 0.29) is 5.38 Å². The minimum absolute atomic E-state index is 0.00632. The van der Waals surface area contributed by atoms with Crippen LogP contribution in [0.5, 0.6) is 0 Å². The van der Waals surface area contributed by atoms with E-state index in [9.17, 15) is 0 Å². The molecule has 0 radical (unpaired) electrons. The Morgan fingerprint density at radius 1 is 1.25 bits per heavy atom. The minimum Gasteiger partial charge on any atom is -0.263 e. The van der Waals surface area contributed by atoms with E-state index in [1.807, 2.05) is 17.4 Å². The van der Waals surface area contributed by atoms with Crippen LogP contribution < -0.4 is 0 Å². The number of nitrogens with zero attached hydrogens (tertiary/aromatic N) is 1. The smallest absolute Gasteiger partial charge is 0.0719 e. The van der Waals surface area contributed by atoms with Crippen LogP contribution >= 0.6 is 34.5 Å². The summed E-state index contributed by atoms with van der Waals surface area (Å²) >= 11 is 14.7. The summed E-state index contributed by atoms with van der Waals surface area (Å²) in [5, 5.41) is 0.711. The molecule has 3 rings (SSSR count). The number of pyridine rings is 1. The molecule has 2 heterocycles. The fraction of sp³-hybridized carbons (Fsp3) is 0.438. The van der Waals surface area contributed by atoms with Crippen molar-refractivity contribution in [2.75, 3.05) is 0 Å². The molecule has 20 heavy (non-hydrogen) atoms. The minimum atomic E-state index is 0.00632. The van der Waals surface area contributed by atoms with Gasteiger partial charge >= 0.3 is 0 Å². The first kappa shape index (κ1) is 14.4. The number of aromatic nitrogens is 1. The number of thiophene rings is 1. The normalized spacial score (nSPS) is 16.5. The highest BCUT2D eigenvalue weighted by Gasteiger charge is 2.18. The Morgan fingerprint density at radius 2 is 2.10 bits per heavy atom. The summed E-state index contributed by atoms with van der Waals surface area (Å²) in [6.07, 6.45) is 10.6. The number of alkyl halides is 1. The van der Waals surface area contributed by atoms with Crippen LogP contribution in [-0.2, 0) is 19.3 Å². The number of fused-ring (bicyclic) bond motifs is 1. The van der Waals surface area contributed by atoms with Crippen molar-refractivity contribution in [2.24, 2.45) is 0 Å². The molecule has 2 aromatic heterocycles. The van der Waals surface area contributed by atoms with E-state index in [0.717, 1.165) is 12.0 Å². The van der Waals surface area contributed by atoms with Crippen LogP contribution in [0.4, 0.5) is 0 Å². The number of rotatable bonds is 3. The highest BCUT2D eigenvalue weighted by atomic mass is 35.5. The maximum absolute atomic E-state index is 6.60. The number of hydrogen-bond donors (Lipinski definition) is 0. The van der Waals surface area contributed by atoms with Crippen LogP contribution in [0, 0.1) is 0 Å². The first-order chi connectivity index (χ1) is 9.74. The predicted molar refractivity (Wildman–Crippen MR) is 87.1 cm³/mol. The average molecular weight is 326 g/mol. The third-order valence-electron chi connectivity index (χ3n) is 3.83.